The lowest BCUT2D eigenvalue weighted by atomic mass is 9.77. The maximum Gasteiger partial charge on any atom is 0.0687 e. The maximum absolute atomic E-state index is 2.46. The predicted octanol–water partition coefficient (Wildman–Crippen LogP) is 3.44. The number of hydrogen-bond donors (Lipinski definition) is 0. The Hall–Kier alpha value is -1.60. The molecule has 2 aromatic rings. The van der Waals surface area contributed by atoms with Crippen molar-refractivity contribution in [1.82, 2.24) is 4.90 Å². The van der Waals surface area contributed by atoms with Crippen LogP contribution in [0.5, 0.6) is 0 Å². The molecule has 0 bridgehead atoms. The Bertz CT molecular complexity index is 547. The van der Waals surface area contributed by atoms with Crippen molar-refractivity contribution in [2.24, 2.45) is 0 Å². The van der Waals surface area contributed by atoms with Gasteiger partial charge in [-0.15, -0.1) is 0 Å². The Morgan fingerprint density at radius 3 is 2.39 bits per heavy atom. The molecular weight excluding hydrogens is 218 g/mol. The van der Waals surface area contributed by atoms with E-state index in [9.17, 15) is 0 Å². The first-order valence-corrected chi connectivity index (χ1v) is 6.58. The van der Waals surface area contributed by atoms with Crippen LogP contribution in [0.2, 0.25) is 0 Å². The third-order valence-corrected chi connectivity index (χ3v) is 4.36. The molecule has 2 aromatic carbocycles. The molecule has 3 rings (SSSR count). The Labute approximate surface area is 109 Å². The third kappa shape index (κ3) is 1.58. The van der Waals surface area contributed by atoms with E-state index in [0.29, 0.717) is 0 Å². The summed E-state index contributed by atoms with van der Waals surface area (Å²) < 4.78 is 0. The summed E-state index contributed by atoms with van der Waals surface area (Å²) in [6.07, 6.45) is 1.15. The van der Waals surface area contributed by atoms with Crippen LogP contribution in [-0.4, -0.2) is 18.5 Å². The summed E-state index contributed by atoms with van der Waals surface area (Å²) in [5.41, 5.74) is 4.31. The molecule has 1 unspecified atom stereocenters. The van der Waals surface area contributed by atoms with Crippen LogP contribution < -0.4 is 0 Å². The highest BCUT2D eigenvalue weighted by Crippen LogP contribution is 2.39. The normalized spacial score (nSPS) is 23.7. The molecule has 0 saturated carbocycles. The van der Waals surface area contributed by atoms with Gasteiger partial charge in [-0.1, -0.05) is 54.6 Å². The molecule has 1 heterocycles. The minimum atomic E-state index is -0.00387. The van der Waals surface area contributed by atoms with Gasteiger partial charge in [0.25, 0.3) is 0 Å². The molecule has 1 nitrogen and oxygen atoms in total. The fraction of sp³-hybridized carbons (Fsp3) is 0.294. The molecule has 0 spiro atoms. The number of fused-ring (bicyclic) bond motifs is 1. The summed E-state index contributed by atoms with van der Waals surface area (Å²) in [7, 11) is 2.23. The first-order chi connectivity index (χ1) is 8.73. The summed E-state index contributed by atoms with van der Waals surface area (Å²) in [5, 5.41) is 0. The lowest BCUT2D eigenvalue weighted by Gasteiger charge is -2.44. The van der Waals surface area contributed by atoms with Gasteiger partial charge in [0.2, 0.25) is 0 Å². The topological polar surface area (TPSA) is 3.24 Å². The zero-order valence-electron chi connectivity index (χ0n) is 11.1. The monoisotopic (exact) mass is 237 g/mol. The van der Waals surface area contributed by atoms with Gasteiger partial charge in [0, 0.05) is 6.54 Å². The van der Waals surface area contributed by atoms with Gasteiger partial charge in [-0.3, -0.25) is 4.90 Å². The van der Waals surface area contributed by atoms with E-state index in [1.807, 2.05) is 0 Å². The minimum Gasteiger partial charge on any atom is -0.293 e. The Morgan fingerprint density at radius 1 is 0.944 bits per heavy atom. The zero-order chi connectivity index (χ0) is 12.6. The van der Waals surface area contributed by atoms with Gasteiger partial charge in [-0.2, -0.15) is 0 Å². The van der Waals surface area contributed by atoms with Crippen LogP contribution >= 0.6 is 0 Å². The number of rotatable bonds is 1. The molecule has 0 aromatic heterocycles. The average Bonchev–Trinajstić information content (AvgIpc) is 2.44. The second-order valence-electron chi connectivity index (χ2n) is 5.27. The van der Waals surface area contributed by atoms with Crippen molar-refractivity contribution in [3.05, 3.63) is 71.3 Å². The Balaban J connectivity index is 2.21. The van der Waals surface area contributed by atoms with Gasteiger partial charge in [0.05, 0.1) is 5.54 Å². The van der Waals surface area contributed by atoms with Crippen LogP contribution in [-0.2, 0) is 12.0 Å². The maximum atomic E-state index is 2.46. The second kappa shape index (κ2) is 4.25. The van der Waals surface area contributed by atoms with E-state index in [4.69, 9.17) is 0 Å². The molecule has 1 heteroatoms. The van der Waals surface area contributed by atoms with Crippen molar-refractivity contribution >= 4 is 0 Å². The van der Waals surface area contributed by atoms with Crippen LogP contribution in [0.25, 0.3) is 0 Å². The summed E-state index contributed by atoms with van der Waals surface area (Å²) in [6.45, 7) is 3.45. The van der Waals surface area contributed by atoms with Gasteiger partial charge >= 0.3 is 0 Å². The van der Waals surface area contributed by atoms with Crippen LogP contribution in [0, 0.1) is 0 Å². The highest BCUT2D eigenvalue weighted by Gasteiger charge is 2.37. The molecule has 0 amide bonds. The minimum absolute atomic E-state index is 0.00387. The van der Waals surface area contributed by atoms with E-state index in [-0.39, 0.29) is 5.54 Å². The lowest BCUT2D eigenvalue weighted by Crippen LogP contribution is -2.47. The molecule has 0 N–H and O–H groups in total. The highest BCUT2D eigenvalue weighted by atomic mass is 15.2. The van der Waals surface area contributed by atoms with Gasteiger partial charge in [-0.05, 0) is 37.1 Å². The first-order valence-electron chi connectivity index (χ1n) is 6.58. The molecule has 1 aliphatic heterocycles. The quantitative estimate of drug-likeness (QED) is 0.734. The van der Waals surface area contributed by atoms with Crippen molar-refractivity contribution in [2.45, 2.75) is 18.9 Å². The van der Waals surface area contributed by atoms with E-state index in [1.165, 1.54) is 16.7 Å². The first kappa shape index (κ1) is 11.5. The van der Waals surface area contributed by atoms with Gasteiger partial charge in [-0.25, -0.2) is 0 Å². The summed E-state index contributed by atoms with van der Waals surface area (Å²) >= 11 is 0. The number of likely N-dealkylation sites (N-methyl/N-ethyl adjacent to an activating group) is 1. The van der Waals surface area contributed by atoms with Crippen molar-refractivity contribution in [3.63, 3.8) is 0 Å². The van der Waals surface area contributed by atoms with E-state index in [2.05, 4.69) is 73.5 Å². The molecule has 18 heavy (non-hydrogen) atoms. The third-order valence-electron chi connectivity index (χ3n) is 4.36. The van der Waals surface area contributed by atoms with E-state index >= 15 is 0 Å². The summed E-state index contributed by atoms with van der Waals surface area (Å²) in [4.78, 5) is 2.46. The number of benzene rings is 2. The summed E-state index contributed by atoms with van der Waals surface area (Å²) in [5.74, 6) is 0. The molecule has 92 valence electrons. The van der Waals surface area contributed by atoms with Gasteiger partial charge < -0.3 is 0 Å². The van der Waals surface area contributed by atoms with E-state index in [0.717, 1.165) is 13.0 Å². The summed E-state index contributed by atoms with van der Waals surface area (Å²) in [6, 6.07) is 19.7. The second-order valence-corrected chi connectivity index (χ2v) is 5.27. The molecule has 0 radical (unpaired) electrons. The largest absolute Gasteiger partial charge is 0.293 e. The van der Waals surface area contributed by atoms with Crippen molar-refractivity contribution in [3.8, 4) is 0 Å². The van der Waals surface area contributed by atoms with E-state index < -0.39 is 0 Å². The van der Waals surface area contributed by atoms with Crippen LogP contribution in [0.1, 0.15) is 23.6 Å². The molecule has 1 aliphatic rings. The molecule has 0 fully saturated rings. The number of hydrogen-bond acceptors (Lipinski definition) is 1. The Kier molecular flexibility index (Phi) is 2.71. The Morgan fingerprint density at radius 2 is 1.61 bits per heavy atom. The zero-order valence-corrected chi connectivity index (χ0v) is 11.1. The van der Waals surface area contributed by atoms with Crippen LogP contribution in [0.15, 0.2) is 54.6 Å². The average molecular weight is 237 g/mol. The van der Waals surface area contributed by atoms with Gasteiger partial charge in [0.1, 0.15) is 0 Å². The highest BCUT2D eigenvalue weighted by molar-refractivity contribution is 5.44. The predicted molar refractivity (Wildman–Crippen MR) is 75.7 cm³/mol. The van der Waals surface area contributed by atoms with Crippen LogP contribution in [0.4, 0.5) is 0 Å². The fourth-order valence-corrected chi connectivity index (χ4v) is 3.07. The number of nitrogens with zero attached hydrogens (tertiary/aromatic N) is 1. The molecular formula is C17H19N. The SMILES string of the molecule is CN1CCc2ccccc2C1(C)c1ccccc1. The van der Waals surface area contributed by atoms with Crippen molar-refractivity contribution < 1.29 is 0 Å². The molecule has 0 saturated heterocycles. The standard InChI is InChI=1S/C17H19N/c1-17(15-9-4-3-5-10-15)16-11-7-6-8-14(16)12-13-18(17)2/h3-11H,12-13H2,1-2H3. The van der Waals surface area contributed by atoms with Crippen LogP contribution in [0.3, 0.4) is 0 Å². The molecule has 0 aliphatic carbocycles. The molecule has 1 atom stereocenters. The smallest absolute Gasteiger partial charge is 0.0687 e. The van der Waals surface area contributed by atoms with E-state index in [1.54, 1.807) is 0 Å². The van der Waals surface area contributed by atoms with Crippen molar-refractivity contribution in [2.75, 3.05) is 13.6 Å². The fourth-order valence-electron chi connectivity index (χ4n) is 3.07. The van der Waals surface area contributed by atoms with Crippen molar-refractivity contribution in [1.29, 1.82) is 0 Å². The van der Waals surface area contributed by atoms with Gasteiger partial charge in [0.15, 0.2) is 0 Å². The lowest BCUT2D eigenvalue weighted by molar-refractivity contribution is 0.165.